The molecule has 0 spiro atoms. The van der Waals surface area contributed by atoms with Crippen molar-refractivity contribution in [3.05, 3.63) is 58.1 Å². The summed E-state index contributed by atoms with van der Waals surface area (Å²) >= 11 is 3.25. The number of anilines is 1. The first-order valence-corrected chi connectivity index (χ1v) is 6.42. The molecule has 0 aliphatic carbocycles. The maximum absolute atomic E-state index is 13.9. The van der Waals surface area contributed by atoms with Gasteiger partial charge in [-0.1, -0.05) is 18.2 Å². The highest BCUT2D eigenvalue weighted by Crippen LogP contribution is 2.27. The molecule has 0 unspecified atom stereocenters. The fourth-order valence-electron chi connectivity index (χ4n) is 1.70. The normalized spacial score (nSPS) is 10.3. The molecule has 0 radical (unpaired) electrons. The smallest absolute Gasteiger partial charge is 0.170 e. The Kier molecular flexibility index (Phi) is 4.37. The van der Waals surface area contributed by atoms with Crippen molar-refractivity contribution in [3.8, 4) is 5.75 Å². The highest BCUT2D eigenvalue weighted by atomic mass is 79.9. The van der Waals surface area contributed by atoms with Gasteiger partial charge in [0.1, 0.15) is 5.82 Å². The molecule has 0 aliphatic rings. The van der Waals surface area contributed by atoms with Gasteiger partial charge in [-0.25, -0.2) is 8.78 Å². The summed E-state index contributed by atoms with van der Waals surface area (Å²) < 4.78 is 33.0. The van der Waals surface area contributed by atoms with Gasteiger partial charge in [-0.05, 0) is 34.1 Å². The van der Waals surface area contributed by atoms with Crippen LogP contribution in [0.3, 0.4) is 0 Å². The van der Waals surface area contributed by atoms with Gasteiger partial charge in [0.2, 0.25) is 0 Å². The summed E-state index contributed by atoms with van der Waals surface area (Å²) in [6.45, 7) is 0.169. The largest absolute Gasteiger partial charge is 0.494 e. The van der Waals surface area contributed by atoms with Crippen molar-refractivity contribution in [2.75, 3.05) is 12.4 Å². The predicted molar refractivity (Wildman–Crippen MR) is 74.4 cm³/mol. The number of rotatable bonds is 4. The van der Waals surface area contributed by atoms with Crippen LogP contribution in [0.5, 0.6) is 5.75 Å². The van der Waals surface area contributed by atoms with E-state index in [9.17, 15) is 8.78 Å². The molecule has 0 bridgehead atoms. The van der Waals surface area contributed by atoms with Crippen LogP contribution in [0.4, 0.5) is 14.5 Å². The lowest BCUT2D eigenvalue weighted by molar-refractivity contribution is 0.384. The number of benzene rings is 2. The van der Waals surface area contributed by atoms with Gasteiger partial charge in [-0.3, -0.25) is 0 Å². The van der Waals surface area contributed by atoms with E-state index in [-0.39, 0.29) is 12.3 Å². The van der Waals surface area contributed by atoms with Crippen LogP contribution in [0.2, 0.25) is 0 Å². The summed E-state index contributed by atoms with van der Waals surface area (Å²) in [6.07, 6.45) is 0. The SMILES string of the molecule is COc1cccc(CNc2c(F)cccc2Br)c1F. The van der Waals surface area contributed by atoms with Crippen LogP contribution < -0.4 is 10.1 Å². The number of methoxy groups -OCH3 is 1. The number of nitrogens with one attached hydrogen (secondary N) is 1. The van der Waals surface area contributed by atoms with Crippen LogP contribution in [0.1, 0.15) is 5.56 Å². The minimum atomic E-state index is -0.440. The Labute approximate surface area is 118 Å². The molecule has 0 saturated heterocycles. The average molecular weight is 328 g/mol. The minimum absolute atomic E-state index is 0.169. The average Bonchev–Trinajstić information content (AvgIpc) is 2.40. The predicted octanol–water partition coefficient (Wildman–Crippen LogP) is 4.35. The summed E-state index contributed by atoms with van der Waals surface area (Å²) in [5.41, 5.74) is 0.722. The van der Waals surface area contributed by atoms with Crippen LogP contribution >= 0.6 is 15.9 Å². The van der Waals surface area contributed by atoms with E-state index in [1.807, 2.05) is 0 Å². The molecular weight excluding hydrogens is 316 g/mol. The van der Waals surface area contributed by atoms with Gasteiger partial charge < -0.3 is 10.1 Å². The van der Waals surface area contributed by atoms with Gasteiger partial charge in [0.05, 0.1) is 12.8 Å². The van der Waals surface area contributed by atoms with Crippen molar-refractivity contribution in [2.45, 2.75) is 6.54 Å². The number of para-hydroxylation sites is 1. The van der Waals surface area contributed by atoms with E-state index >= 15 is 0 Å². The monoisotopic (exact) mass is 327 g/mol. The second-order valence-corrected chi connectivity index (χ2v) is 4.74. The molecule has 0 fully saturated rings. The molecule has 1 N–H and O–H groups in total. The fraction of sp³-hybridized carbons (Fsp3) is 0.143. The third kappa shape index (κ3) is 3.04. The third-order valence-corrected chi connectivity index (χ3v) is 3.34. The highest BCUT2D eigenvalue weighted by Gasteiger charge is 2.10. The number of halogens is 3. The van der Waals surface area contributed by atoms with Crippen molar-refractivity contribution in [2.24, 2.45) is 0 Å². The first-order valence-electron chi connectivity index (χ1n) is 5.62. The lowest BCUT2D eigenvalue weighted by Gasteiger charge is -2.11. The molecule has 5 heteroatoms. The Morgan fingerprint density at radius 2 is 1.89 bits per heavy atom. The van der Waals surface area contributed by atoms with Crippen LogP contribution in [0, 0.1) is 11.6 Å². The van der Waals surface area contributed by atoms with Gasteiger partial charge in [0.15, 0.2) is 11.6 Å². The van der Waals surface area contributed by atoms with E-state index in [0.717, 1.165) is 0 Å². The Morgan fingerprint density at radius 1 is 1.16 bits per heavy atom. The first kappa shape index (κ1) is 13.8. The van der Waals surface area contributed by atoms with Crippen molar-refractivity contribution < 1.29 is 13.5 Å². The molecule has 0 amide bonds. The highest BCUT2D eigenvalue weighted by molar-refractivity contribution is 9.10. The van der Waals surface area contributed by atoms with Crippen LogP contribution in [-0.4, -0.2) is 7.11 Å². The summed E-state index contributed by atoms with van der Waals surface area (Å²) in [7, 11) is 1.41. The Balaban J connectivity index is 2.19. The molecule has 2 nitrogen and oxygen atoms in total. The number of hydrogen-bond acceptors (Lipinski definition) is 2. The Hall–Kier alpha value is -1.62. The van der Waals surface area contributed by atoms with Crippen LogP contribution in [0.15, 0.2) is 40.9 Å². The maximum atomic E-state index is 13.9. The van der Waals surface area contributed by atoms with Crippen molar-refractivity contribution in [1.29, 1.82) is 0 Å². The molecule has 2 rings (SSSR count). The molecule has 0 aromatic heterocycles. The minimum Gasteiger partial charge on any atom is -0.494 e. The maximum Gasteiger partial charge on any atom is 0.170 e. The quantitative estimate of drug-likeness (QED) is 0.901. The van der Waals surface area contributed by atoms with Gasteiger partial charge in [0, 0.05) is 16.6 Å². The van der Waals surface area contributed by atoms with E-state index in [4.69, 9.17) is 4.74 Å². The molecule has 0 atom stereocenters. The van der Waals surface area contributed by atoms with Crippen molar-refractivity contribution >= 4 is 21.6 Å². The van der Waals surface area contributed by atoms with Crippen LogP contribution in [-0.2, 0) is 6.54 Å². The first-order chi connectivity index (χ1) is 9.13. The zero-order valence-corrected chi connectivity index (χ0v) is 11.8. The van der Waals surface area contributed by atoms with E-state index in [0.29, 0.717) is 15.7 Å². The van der Waals surface area contributed by atoms with E-state index in [1.54, 1.807) is 24.3 Å². The van der Waals surface area contributed by atoms with E-state index in [1.165, 1.54) is 19.2 Å². The number of hydrogen-bond donors (Lipinski definition) is 1. The topological polar surface area (TPSA) is 21.3 Å². The Morgan fingerprint density at radius 3 is 2.58 bits per heavy atom. The Bertz CT molecular complexity index is 569. The molecule has 0 heterocycles. The molecule has 19 heavy (non-hydrogen) atoms. The van der Waals surface area contributed by atoms with E-state index < -0.39 is 11.6 Å². The summed E-state index contributed by atoms with van der Waals surface area (Å²) in [5.74, 6) is -0.658. The van der Waals surface area contributed by atoms with Gasteiger partial charge in [-0.15, -0.1) is 0 Å². The zero-order valence-electron chi connectivity index (χ0n) is 10.2. The fourth-order valence-corrected chi connectivity index (χ4v) is 2.18. The second-order valence-electron chi connectivity index (χ2n) is 3.88. The molecule has 2 aromatic rings. The lowest BCUT2D eigenvalue weighted by Crippen LogP contribution is -2.05. The summed E-state index contributed by atoms with van der Waals surface area (Å²) in [4.78, 5) is 0. The molecule has 0 saturated carbocycles. The van der Waals surface area contributed by atoms with Gasteiger partial charge in [0.25, 0.3) is 0 Å². The van der Waals surface area contributed by atoms with E-state index in [2.05, 4.69) is 21.2 Å². The molecule has 100 valence electrons. The zero-order chi connectivity index (χ0) is 13.8. The standard InChI is InChI=1S/C14H12BrF2NO/c1-19-12-7-2-4-9(13(12)17)8-18-14-10(15)5-3-6-11(14)16/h2-7,18H,8H2,1H3. The second kappa shape index (κ2) is 6.02. The third-order valence-electron chi connectivity index (χ3n) is 2.68. The molecular formula is C14H12BrF2NO. The van der Waals surface area contributed by atoms with Gasteiger partial charge in [-0.2, -0.15) is 0 Å². The molecule has 2 aromatic carbocycles. The summed E-state index contributed by atoms with van der Waals surface area (Å²) in [5, 5.41) is 2.87. The summed E-state index contributed by atoms with van der Waals surface area (Å²) in [6, 6.07) is 9.51. The lowest BCUT2D eigenvalue weighted by atomic mass is 10.2. The van der Waals surface area contributed by atoms with Crippen molar-refractivity contribution in [3.63, 3.8) is 0 Å². The van der Waals surface area contributed by atoms with Crippen LogP contribution in [0.25, 0.3) is 0 Å². The van der Waals surface area contributed by atoms with Gasteiger partial charge >= 0.3 is 0 Å². The molecule has 0 aliphatic heterocycles. The number of ether oxygens (including phenoxy) is 1. The van der Waals surface area contributed by atoms with Crippen molar-refractivity contribution in [1.82, 2.24) is 0 Å².